The molecule has 0 spiro atoms. The molecular formula is C120H78N2OS3. The van der Waals surface area contributed by atoms with E-state index in [1.165, 1.54) is 166 Å². The van der Waals surface area contributed by atoms with Crippen LogP contribution in [0.3, 0.4) is 0 Å². The van der Waals surface area contributed by atoms with Gasteiger partial charge in [0.05, 0.1) is 0 Å². The van der Waals surface area contributed by atoms with Gasteiger partial charge < -0.3 is 14.2 Å². The summed E-state index contributed by atoms with van der Waals surface area (Å²) in [4.78, 5) is 6.23. The van der Waals surface area contributed by atoms with Crippen LogP contribution in [0.4, 0.5) is 34.1 Å². The van der Waals surface area contributed by atoms with Gasteiger partial charge in [-0.25, -0.2) is 0 Å². The number of nitrogens with zero attached hydrogens (tertiary/aromatic N) is 2. The average Bonchev–Trinajstić information content (AvgIpc) is 1.56. The zero-order chi connectivity index (χ0) is 83.1. The highest BCUT2D eigenvalue weighted by atomic mass is 32.1. The molecule has 0 bridgehead atoms. The van der Waals surface area contributed by atoms with E-state index in [1.807, 2.05) is 34.0 Å². The van der Waals surface area contributed by atoms with Crippen molar-refractivity contribution in [3.05, 3.63) is 459 Å². The van der Waals surface area contributed by atoms with Gasteiger partial charge in [-0.1, -0.05) is 322 Å². The molecule has 0 fully saturated rings. The predicted octanol–water partition coefficient (Wildman–Crippen LogP) is 35.8. The smallest absolute Gasteiger partial charge is 0.143 e. The van der Waals surface area contributed by atoms with Crippen LogP contribution in [0.2, 0.25) is 0 Å². The molecular weight excluding hydrogens is 1580 g/mol. The Kier molecular flexibility index (Phi) is 18.7. The highest BCUT2D eigenvalue weighted by Crippen LogP contribution is 2.49. The lowest BCUT2D eigenvalue weighted by molar-refractivity contribution is 0.672. The molecule has 0 saturated heterocycles. The van der Waals surface area contributed by atoms with E-state index in [1.54, 1.807) is 0 Å². The van der Waals surface area contributed by atoms with Crippen LogP contribution in [0, 0.1) is 0 Å². The first kappa shape index (κ1) is 74.5. The highest BCUT2D eigenvalue weighted by Gasteiger charge is 2.23. The predicted molar refractivity (Wildman–Crippen MR) is 544 cm³/mol. The number of fused-ring (bicyclic) bond motifs is 18. The molecule has 1 aliphatic carbocycles. The maximum absolute atomic E-state index is 6.43. The Labute approximate surface area is 742 Å². The van der Waals surface area contributed by atoms with Gasteiger partial charge >= 0.3 is 0 Å². The summed E-state index contributed by atoms with van der Waals surface area (Å²) in [6.07, 6.45) is 4.61. The Hall–Kier alpha value is -15.3. The monoisotopic (exact) mass is 1660 g/mol. The lowest BCUT2D eigenvalue weighted by Crippen LogP contribution is -2.09. The Bertz CT molecular complexity index is 8310. The second-order valence-corrected chi connectivity index (χ2v) is 36.1. The van der Waals surface area contributed by atoms with Crippen molar-refractivity contribution in [1.82, 2.24) is 0 Å². The number of furan rings is 1. The van der Waals surface area contributed by atoms with E-state index in [4.69, 9.17) is 4.42 Å². The molecule has 24 aromatic rings. The summed E-state index contributed by atoms with van der Waals surface area (Å²) in [6, 6.07) is 162. The molecule has 0 atom stereocenters. The number of thiophene rings is 3. The van der Waals surface area contributed by atoms with Gasteiger partial charge in [0.25, 0.3) is 0 Å². The van der Waals surface area contributed by atoms with E-state index >= 15 is 0 Å². The summed E-state index contributed by atoms with van der Waals surface area (Å²) in [5.74, 6) is 0. The van der Waals surface area contributed by atoms with Crippen LogP contribution in [0.1, 0.15) is 22.4 Å². The topological polar surface area (TPSA) is 19.6 Å². The van der Waals surface area contributed by atoms with Crippen molar-refractivity contribution >= 4 is 184 Å². The quantitative estimate of drug-likeness (QED) is 0.108. The molecule has 20 aromatic carbocycles. The molecule has 1 aliphatic rings. The minimum atomic E-state index is 0.905. The fraction of sp³-hybridized carbons (Fsp3) is 0.0167. The summed E-state index contributed by atoms with van der Waals surface area (Å²) in [7, 11) is 0. The molecule has 0 amide bonds. The van der Waals surface area contributed by atoms with E-state index in [0.717, 1.165) is 85.4 Å². The first-order valence-corrected chi connectivity index (χ1v) is 45.6. The van der Waals surface area contributed by atoms with E-state index in [-0.39, 0.29) is 0 Å². The summed E-state index contributed by atoms with van der Waals surface area (Å²) >= 11 is 5.73. The maximum Gasteiger partial charge on any atom is 0.143 e. The van der Waals surface area contributed by atoms with E-state index < -0.39 is 0 Å². The van der Waals surface area contributed by atoms with Crippen LogP contribution in [-0.4, -0.2) is 0 Å². The van der Waals surface area contributed by atoms with Gasteiger partial charge in [-0.15, -0.1) is 34.0 Å². The number of aryl methyl sites for hydroxylation is 1. The third kappa shape index (κ3) is 13.6. The minimum Gasteiger partial charge on any atom is -0.455 e. The number of rotatable bonds is 14. The summed E-state index contributed by atoms with van der Waals surface area (Å²) in [5, 5.41) is 16.5. The molecule has 4 heterocycles. The second-order valence-electron chi connectivity index (χ2n) is 32.8. The number of benzene rings is 20. The minimum absolute atomic E-state index is 0.905. The van der Waals surface area contributed by atoms with Crippen molar-refractivity contribution in [2.75, 3.05) is 9.80 Å². The fourth-order valence-corrected chi connectivity index (χ4v) is 22.7. The van der Waals surface area contributed by atoms with Crippen molar-refractivity contribution < 1.29 is 4.42 Å². The van der Waals surface area contributed by atoms with Crippen molar-refractivity contribution in [1.29, 1.82) is 0 Å². The first-order valence-electron chi connectivity index (χ1n) is 43.2. The normalized spacial score (nSPS) is 12.1. The van der Waals surface area contributed by atoms with Crippen LogP contribution in [0.5, 0.6) is 0 Å². The van der Waals surface area contributed by atoms with Crippen molar-refractivity contribution in [2.24, 2.45) is 0 Å². The number of anilines is 6. The van der Waals surface area contributed by atoms with E-state index in [0.29, 0.717) is 0 Å². The molecule has 3 nitrogen and oxygen atoms in total. The van der Waals surface area contributed by atoms with Gasteiger partial charge in [-0.3, -0.25) is 0 Å². The van der Waals surface area contributed by atoms with Gasteiger partial charge in [0.2, 0.25) is 0 Å². The Morgan fingerprint density at radius 2 is 0.563 bits per heavy atom. The number of allylic oxidation sites excluding steroid dienone is 1. The molecule has 0 unspecified atom stereocenters. The summed E-state index contributed by atoms with van der Waals surface area (Å²) < 4.78 is 13.2. The van der Waals surface area contributed by atoms with Gasteiger partial charge in [-0.2, -0.15) is 0 Å². The van der Waals surface area contributed by atoms with Crippen LogP contribution in [0.15, 0.2) is 447 Å². The van der Waals surface area contributed by atoms with Gasteiger partial charge in [0, 0.05) is 106 Å². The van der Waals surface area contributed by atoms with Crippen LogP contribution in [0.25, 0.3) is 194 Å². The maximum atomic E-state index is 6.43. The molecule has 25 rings (SSSR count). The summed E-state index contributed by atoms with van der Waals surface area (Å²) in [6.45, 7) is 0. The van der Waals surface area contributed by atoms with Crippen molar-refractivity contribution in [3.63, 3.8) is 0 Å². The highest BCUT2D eigenvalue weighted by molar-refractivity contribution is 7.27. The van der Waals surface area contributed by atoms with E-state index in [2.05, 4.69) is 459 Å². The van der Waals surface area contributed by atoms with Crippen LogP contribution >= 0.6 is 34.0 Å². The zero-order valence-corrected chi connectivity index (χ0v) is 71.1. The third-order valence-corrected chi connectivity index (χ3v) is 29.2. The Balaban J connectivity index is 0.000000142. The van der Waals surface area contributed by atoms with E-state index in [9.17, 15) is 0 Å². The number of hydrogen-bond donors (Lipinski definition) is 0. The molecule has 0 saturated carbocycles. The van der Waals surface area contributed by atoms with Crippen LogP contribution in [-0.2, 0) is 6.42 Å². The van der Waals surface area contributed by atoms with Gasteiger partial charge in [0.15, 0.2) is 0 Å². The third-order valence-electron chi connectivity index (χ3n) is 25.5. The Morgan fingerprint density at radius 1 is 0.206 bits per heavy atom. The van der Waals surface area contributed by atoms with Gasteiger partial charge in [0.1, 0.15) is 11.2 Å². The molecule has 592 valence electrons. The molecule has 4 aromatic heterocycles. The van der Waals surface area contributed by atoms with Crippen molar-refractivity contribution in [2.45, 2.75) is 12.8 Å². The van der Waals surface area contributed by atoms with Gasteiger partial charge in [-0.05, 0) is 262 Å². The average molecular weight is 1660 g/mol. The second kappa shape index (κ2) is 31.6. The lowest BCUT2D eigenvalue weighted by atomic mass is 9.91. The Morgan fingerprint density at radius 3 is 1.10 bits per heavy atom. The zero-order valence-electron chi connectivity index (χ0n) is 68.7. The molecule has 6 heteroatoms. The standard InChI is InChI=1S/C64H43NS2.C56H35NOS/c1-2-8-42(9-3-1)45-22-31-53(32-23-45)65(54-33-24-46(25-34-54)43-14-18-48(19-15-43)51-29-38-62-59(40-51)57-12-6-7-13-61(57)66-62)55-35-26-47(27-36-55)44-16-20-49(21-17-44)52-30-39-63-60(41-52)58-37-28-50-10-4-5-11-56(50)64(58)67-63;1-2-10-36(11-3-1)37-18-26-42(27-19-37)57(43-28-20-38(21-29-43)41-25-33-53-51(34-41)48-32-24-39-12-4-5-13-45(39)55(48)58-53)44-30-22-40(23-31-44)50-35-52-47-15-8-9-17-54(47)59-56(52)49-16-7-6-14-46(49)50/h1-28,30-37,39-41H,29,38H2;1-35H. The molecule has 126 heavy (non-hydrogen) atoms. The lowest BCUT2D eigenvalue weighted by Gasteiger charge is -2.26. The van der Waals surface area contributed by atoms with Crippen LogP contribution < -0.4 is 9.80 Å². The molecule has 0 aliphatic heterocycles. The molecule has 0 N–H and O–H groups in total. The largest absolute Gasteiger partial charge is 0.455 e. The summed E-state index contributed by atoms with van der Waals surface area (Å²) in [5.41, 5.74) is 29.5. The molecule has 0 radical (unpaired) electrons. The SMILES string of the molecule is C1=C(c2ccc(-c3ccc(N(c4ccc(-c5ccccc5)cc4)c4ccc(-c5ccc(-c6ccc7sc8c9ccccc9ccc8c7c6)cc5)cc4)cc3)cc2)CCc2sc3ccccc3c21.c1ccc(-c2ccc(N(c3ccc(-c4ccc5oc6c7ccccc7ccc6c5c4)cc3)c3ccc(-c4cc5c6ccccc6sc5c5ccccc45)cc3)cc2)cc1. The fourth-order valence-electron chi connectivity index (χ4n) is 19.0. The number of hydrogen-bond acceptors (Lipinski definition) is 6. The van der Waals surface area contributed by atoms with Crippen molar-refractivity contribution in [3.8, 4) is 77.9 Å². The first-order chi connectivity index (χ1) is 62.4.